The van der Waals surface area contributed by atoms with Crippen molar-refractivity contribution < 1.29 is 17.6 Å². The van der Waals surface area contributed by atoms with Gasteiger partial charge in [0, 0.05) is 12.7 Å². The minimum atomic E-state index is -3.79. The topological polar surface area (TPSA) is 78.5 Å². The Balaban J connectivity index is 1.70. The molecule has 0 spiro atoms. The molecule has 3 rings (SSSR count). The van der Waals surface area contributed by atoms with Gasteiger partial charge in [-0.05, 0) is 42.5 Å². The maximum Gasteiger partial charge on any atom is 0.264 e. The lowest BCUT2D eigenvalue weighted by molar-refractivity contribution is -0.114. The molecule has 0 saturated heterocycles. The average molecular weight is 413 g/mol. The molecule has 0 aliphatic heterocycles. The van der Waals surface area contributed by atoms with Crippen molar-refractivity contribution in [3.63, 3.8) is 0 Å². The van der Waals surface area contributed by atoms with Crippen molar-refractivity contribution in [3.05, 3.63) is 84.7 Å². The molecule has 3 aromatic rings. The standard InChI is InChI=1S/C21H20FN3O3S/c1-25(17-9-3-2-4-10-17)29(27,28)18-11-7-8-16(14-18)24-21(26)15-23-20-13-6-5-12-19(20)22/h2-14,23H,15H2,1H3,(H,24,26). The molecule has 0 aliphatic rings. The summed E-state index contributed by atoms with van der Waals surface area (Å²) >= 11 is 0. The van der Waals surface area contributed by atoms with E-state index in [1.807, 2.05) is 0 Å². The SMILES string of the molecule is CN(c1ccccc1)S(=O)(=O)c1cccc(NC(=O)CNc2ccccc2F)c1. The van der Waals surface area contributed by atoms with E-state index in [2.05, 4.69) is 10.6 Å². The van der Waals surface area contributed by atoms with Crippen LogP contribution in [0.3, 0.4) is 0 Å². The van der Waals surface area contributed by atoms with Gasteiger partial charge >= 0.3 is 0 Å². The Labute approximate surface area is 169 Å². The number of rotatable bonds is 7. The van der Waals surface area contributed by atoms with Crippen LogP contribution in [0.1, 0.15) is 0 Å². The summed E-state index contributed by atoms with van der Waals surface area (Å²) in [6.45, 7) is -0.165. The quantitative estimate of drug-likeness (QED) is 0.619. The molecule has 0 bridgehead atoms. The van der Waals surface area contributed by atoms with Crippen molar-refractivity contribution in [1.82, 2.24) is 0 Å². The zero-order valence-corrected chi connectivity index (χ0v) is 16.5. The first kappa shape index (κ1) is 20.3. The smallest absolute Gasteiger partial charge is 0.264 e. The second kappa shape index (κ2) is 8.74. The highest BCUT2D eigenvalue weighted by molar-refractivity contribution is 7.92. The summed E-state index contributed by atoms with van der Waals surface area (Å²) in [5, 5.41) is 5.32. The fourth-order valence-corrected chi connectivity index (χ4v) is 3.90. The highest BCUT2D eigenvalue weighted by atomic mass is 32.2. The van der Waals surface area contributed by atoms with E-state index in [1.54, 1.807) is 54.6 Å². The zero-order valence-electron chi connectivity index (χ0n) is 15.7. The highest BCUT2D eigenvalue weighted by Crippen LogP contribution is 2.23. The lowest BCUT2D eigenvalue weighted by Crippen LogP contribution is -2.27. The van der Waals surface area contributed by atoms with E-state index in [-0.39, 0.29) is 17.1 Å². The summed E-state index contributed by atoms with van der Waals surface area (Å²) in [4.78, 5) is 12.2. The Morgan fingerprint density at radius 3 is 2.38 bits per heavy atom. The fraction of sp³-hybridized carbons (Fsp3) is 0.0952. The molecule has 1 amide bonds. The van der Waals surface area contributed by atoms with Crippen LogP contribution in [0, 0.1) is 5.82 Å². The molecule has 3 aromatic carbocycles. The number of amides is 1. The molecule has 8 heteroatoms. The van der Waals surface area contributed by atoms with Crippen molar-refractivity contribution in [2.75, 3.05) is 28.5 Å². The van der Waals surface area contributed by atoms with Crippen molar-refractivity contribution in [3.8, 4) is 0 Å². The Morgan fingerprint density at radius 2 is 1.66 bits per heavy atom. The van der Waals surface area contributed by atoms with E-state index in [0.717, 1.165) is 0 Å². The number of para-hydroxylation sites is 2. The second-order valence-corrected chi connectivity index (χ2v) is 8.19. The molecular weight excluding hydrogens is 393 g/mol. The van der Waals surface area contributed by atoms with Gasteiger partial charge in [0.1, 0.15) is 5.82 Å². The average Bonchev–Trinajstić information content (AvgIpc) is 2.73. The van der Waals surface area contributed by atoms with E-state index in [1.165, 1.54) is 35.6 Å². The number of carbonyl (C=O) groups excluding carboxylic acids is 1. The summed E-state index contributed by atoms with van der Waals surface area (Å²) in [7, 11) is -2.33. The molecule has 0 aliphatic carbocycles. The molecule has 29 heavy (non-hydrogen) atoms. The number of hydrogen-bond donors (Lipinski definition) is 2. The molecule has 0 heterocycles. The maximum absolute atomic E-state index is 13.6. The van der Waals surface area contributed by atoms with Gasteiger partial charge in [-0.15, -0.1) is 0 Å². The van der Waals surface area contributed by atoms with Crippen LogP contribution < -0.4 is 14.9 Å². The Kier molecular flexibility index (Phi) is 6.13. The van der Waals surface area contributed by atoms with Crippen LogP contribution in [0.25, 0.3) is 0 Å². The molecule has 150 valence electrons. The molecule has 0 radical (unpaired) electrons. The molecular formula is C21H20FN3O3S. The van der Waals surface area contributed by atoms with E-state index >= 15 is 0 Å². The minimum Gasteiger partial charge on any atom is -0.374 e. The number of nitrogens with zero attached hydrogens (tertiary/aromatic N) is 1. The molecule has 0 atom stereocenters. The molecule has 0 fully saturated rings. The third-order valence-corrected chi connectivity index (χ3v) is 5.99. The van der Waals surface area contributed by atoms with Crippen molar-refractivity contribution in [2.24, 2.45) is 0 Å². The van der Waals surface area contributed by atoms with Crippen LogP contribution in [0.15, 0.2) is 83.8 Å². The van der Waals surface area contributed by atoms with Crippen molar-refractivity contribution >= 4 is 33.0 Å². The van der Waals surface area contributed by atoms with Gasteiger partial charge in [-0.25, -0.2) is 12.8 Å². The van der Waals surface area contributed by atoms with Crippen LogP contribution in [0.5, 0.6) is 0 Å². The largest absolute Gasteiger partial charge is 0.374 e. The maximum atomic E-state index is 13.6. The monoisotopic (exact) mass is 413 g/mol. The Morgan fingerprint density at radius 1 is 0.966 bits per heavy atom. The molecule has 0 aromatic heterocycles. The molecule has 2 N–H and O–H groups in total. The molecule has 6 nitrogen and oxygen atoms in total. The third kappa shape index (κ3) is 4.91. The van der Waals surface area contributed by atoms with Gasteiger partial charge in [0.05, 0.1) is 22.8 Å². The number of anilines is 3. The predicted molar refractivity (Wildman–Crippen MR) is 112 cm³/mol. The van der Waals surface area contributed by atoms with Gasteiger partial charge in [-0.1, -0.05) is 36.4 Å². The van der Waals surface area contributed by atoms with Gasteiger partial charge in [0.25, 0.3) is 10.0 Å². The molecule has 0 unspecified atom stereocenters. The number of benzene rings is 3. The van der Waals surface area contributed by atoms with E-state index < -0.39 is 21.7 Å². The Bertz CT molecular complexity index is 1100. The van der Waals surface area contributed by atoms with E-state index in [4.69, 9.17) is 0 Å². The second-order valence-electron chi connectivity index (χ2n) is 6.22. The summed E-state index contributed by atoms with van der Waals surface area (Å²) < 4.78 is 40.5. The van der Waals surface area contributed by atoms with Crippen molar-refractivity contribution in [2.45, 2.75) is 4.90 Å². The summed E-state index contributed by atoms with van der Waals surface area (Å²) in [5.41, 5.74) is 1.06. The lowest BCUT2D eigenvalue weighted by atomic mass is 10.3. The first-order chi connectivity index (χ1) is 13.9. The molecule has 0 saturated carbocycles. The van der Waals surface area contributed by atoms with Crippen LogP contribution in [-0.2, 0) is 14.8 Å². The minimum absolute atomic E-state index is 0.0451. The number of sulfonamides is 1. The van der Waals surface area contributed by atoms with Gasteiger partial charge in [-0.2, -0.15) is 0 Å². The van der Waals surface area contributed by atoms with Gasteiger partial charge in [-0.3, -0.25) is 9.10 Å². The van der Waals surface area contributed by atoms with Gasteiger partial charge < -0.3 is 10.6 Å². The van der Waals surface area contributed by atoms with Gasteiger partial charge in [0.15, 0.2) is 0 Å². The Hall–Kier alpha value is -3.39. The number of nitrogens with one attached hydrogen (secondary N) is 2. The van der Waals surface area contributed by atoms with Crippen LogP contribution in [0.2, 0.25) is 0 Å². The first-order valence-electron chi connectivity index (χ1n) is 8.80. The van der Waals surface area contributed by atoms with E-state index in [9.17, 15) is 17.6 Å². The van der Waals surface area contributed by atoms with Gasteiger partial charge in [0.2, 0.25) is 5.91 Å². The number of halogens is 1. The van der Waals surface area contributed by atoms with Crippen molar-refractivity contribution in [1.29, 1.82) is 0 Å². The first-order valence-corrected chi connectivity index (χ1v) is 10.2. The van der Waals surface area contributed by atoms with Crippen LogP contribution in [0.4, 0.5) is 21.5 Å². The number of hydrogen-bond acceptors (Lipinski definition) is 4. The van der Waals surface area contributed by atoms with E-state index in [0.29, 0.717) is 11.4 Å². The highest BCUT2D eigenvalue weighted by Gasteiger charge is 2.21. The number of carbonyl (C=O) groups is 1. The zero-order chi connectivity index (χ0) is 20.9. The predicted octanol–water partition coefficient (Wildman–Crippen LogP) is 3.70. The van der Waals surface area contributed by atoms with Crippen LogP contribution in [-0.4, -0.2) is 27.9 Å². The summed E-state index contributed by atoms with van der Waals surface area (Å²) in [5.74, 6) is -0.892. The fourth-order valence-electron chi connectivity index (χ4n) is 2.65. The summed E-state index contributed by atoms with van der Waals surface area (Å²) in [6.07, 6.45) is 0. The van der Waals surface area contributed by atoms with Crippen LogP contribution >= 0.6 is 0 Å². The lowest BCUT2D eigenvalue weighted by Gasteiger charge is -2.20. The third-order valence-electron chi connectivity index (χ3n) is 4.21. The summed E-state index contributed by atoms with van der Waals surface area (Å²) in [6, 6.07) is 20.7. The normalized spacial score (nSPS) is 11.0.